The Hall–Kier alpha value is -3.29. The second-order valence-corrected chi connectivity index (χ2v) is 9.56. The molecule has 1 aliphatic heterocycles. The Kier molecular flexibility index (Phi) is 7.06. The fourth-order valence-electron chi connectivity index (χ4n) is 5.22. The first-order valence-corrected chi connectivity index (χ1v) is 12.5. The Morgan fingerprint density at radius 2 is 1.71 bits per heavy atom. The first kappa shape index (κ1) is 23.5. The van der Waals surface area contributed by atoms with Crippen LogP contribution in [0.3, 0.4) is 0 Å². The molecule has 2 aliphatic rings. The summed E-state index contributed by atoms with van der Waals surface area (Å²) >= 11 is 0. The molecule has 35 heavy (non-hydrogen) atoms. The van der Waals surface area contributed by atoms with Gasteiger partial charge in [0.25, 0.3) is 0 Å². The van der Waals surface area contributed by atoms with Gasteiger partial charge in [0.2, 0.25) is 5.95 Å². The lowest BCUT2D eigenvalue weighted by Gasteiger charge is -2.32. The van der Waals surface area contributed by atoms with Crippen LogP contribution in [0.1, 0.15) is 34.9 Å². The van der Waals surface area contributed by atoms with Gasteiger partial charge in [-0.2, -0.15) is 0 Å². The summed E-state index contributed by atoms with van der Waals surface area (Å²) in [6.45, 7) is 7.78. The van der Waals surface area contributed by atoms with Crippen LogP contribution < -0.4 is 5.73 Å². The number of aromatic nitrogens is 2. The summed E-state index contributed by atoms with van der Waals surface area (Å²) in [7, 11) is 2.17. The van der Waals surface area contributed by atoms with Gasteiger partial charge in [-0.05, 0) is 43.0 Å². The molecule has 0 amide bonds. The minimum Gasteiger partial charge on any atom is -0.394 e. The first-order chi connectivity index (χ1) is 17.1. The van der Waals surface area contributed by atoms with E-state index in [4.69, 9.17) is 10.6 Å². The van der Waals surface area contributed by atoms with E-state index in [1.54, 1.807) is 0 Å². The number of hydrogen-bond acceptors (Lipinski definition) is 7. The number of likely N-dealkylation sites (N-methyl/N-ethyl adjacent to an activating group) is 1. The molecule has 2 aromatic carbocycles. The van der Waals surface area contributed by atoms with E-state index < -0.39 is 0 Å². The van der Waals surface area contributed by atoms with Gasteiger partial charge in [0.05, 0.1) is 17.1 Å². The lowest BCUT2D eigenvalue weighted by molar-refractivity contribution is 0.0857. The van der Waals surface area contributed by atoms with Crippen molar-refractivity contribution in [2.24, 2.45) is 5.16 Å². The Morgan fingerprint density at radius 1 is 0.971 bits per heavy atom. The number of piperazine rings is 1. The van der Waals surface area contributed by atoms with Crippen molar-refractivity contribution in [2.45, 2.75) is 25.7 Å². The maximum Gasteiger partial charge on any atom is 0.220 e. The highest BCUT2D eigenvalue weighted by Crippen LogP contribution is 2.38. The predicted molar refractivity (Wildman–Crippen MR) is 141 cm³/mol. The molecule has 1 aromatic heterocycles. The Balaban J connectivity index is 1.40. The number of oxime groups is 1. The third-order valence-corrected chi connectivity index (χ3v) is 7.11. The first-order valence-electron chi connectivity index (χ1n) is 12.5. The molecule has 1 unspecified atom stereocenters. The zero-order chi connectivity index (χ0) is 24.2. The number of benzene rings is 2. The summed E-state index contributed by atoms with van der Waals surface area (Å²) in [5, 5.41) is 4.65. The fraction of sp³-hybridized carbons (Fsp3) is 0.393. The maximum atomic E-state index is 6.04. The van der Waals surface area contributed by atoms with E-state index in [9.17, 15) is 0 Å². The van der Waals surface area contributed by atoms with Gasteiger partial charge >= 0.3 is 0 Å². The zero-order valence-electron chi connectivity index (χ0n) is 20.7. The number of aryl methyl sites for hydroxylation is 1. The Morgan fingerprint density at radius 3 is 2.51 bits per heavy atom. The summed E-state index contributed by atoms with van der Waals surface area (Å²) in [5.41, 5.74) is 13.5. The van der Waals surface area contributed by atoms with E-state index >= 15 is 0 Å². The molecule has 2 N–H and O–H groups in total. The lowest BCUT2D eigenvalue weighted by atomic mass is 9.78. The minimum atomic E-state index is 0.229. The van der Waals surface area contributed by atoms with Gasteiger partial charge < -0.3 is 15.5 Å². The van der Waals surface area contributed by atoms with E-state index in [-0.39, 0.29) is 5.92 Å². The van der Waals surface area contributed by atoms with Crippen molar-refractivity contribution in [1.29, 1.82) is 0 Å². The molecule has 1 fully saturated rings. The summed E-state index contributed by atoms with van der Waals surface area (Å²) in [5.74, 6) is 0.543. The van der Waals surface area contributed by atoms with Gasteiger partial charge in [-0.15, -0.1) is 0 Å². The molecule has 1 saturated heterocycles. The highest BCUT2D eigenvalue weighted by Gasteiger charge is 2.30. The summed E-state index contributed by atoms with van der Waals surface area (Å²) in [6, 6.07) is 19.2. The molecule has 7 nitrogen and oxygen atoms in total. The van der Waals surface area contributed by atoms with Crippen molar-refractivity contribution >= 4 is 11.7 Å². The highest BCUT2D eigenvalue weighted by atomic mass is 16.6. The van der Waals surface area contributed by atoms with Crippen LogP contribution in [0.5, 0.6) is 0 Å². The minimum absolute atomic E-state index is 0.229. The van der Waals surface area contributed by atoms with Crippen molar-refractivity contribution in [2.75, 3.05) is 52.1 Å². The average Bonchev–Trinajstić information content (AvgIpc) is 2.87. The molecule has 7 heteroatoms. The highest BCUT2D eigenvalue weighted by molar-refractivity contribution is 6.03. The van der Waals surface area contributed by atoms with E-state index in [1.165, 1.54) is 16.7 Å². The van der Waals surface area contributed by atoms with Crippen LogP contribution >= 0.6 is 0 Å². The van der Waals surface area contributed by atoms with Crippen LogP contribution in [-0.4, -0.2) is 71.9 Å². The zero-order valence-corrected chi connectivity index (χ0v) is 20.7. The van der Waals surface area contributed by atoms with Crippen LogP contribution in [0.2, 0.25) is 0 Å². The van der Waals surface area contributed by atoms with Crippen molar-refractivity contribution in [3.05, 3.63) is 77.1 Å². The van der Waals surface area contributed by atoms with Gasteiger partial charge in [0, 0.05) is 44.7 Å². The predicted octanol–water partition coefficient (Wildman–Crippen LogP) is 3.73. The number of rotatable bonds is 6. The fourth-order valence-corrected chi connectivity index (χ4v) is 5.22. The Labute approximate surface area is 207 Å². The van der Waals surface area contributed by atoms with Crippen molar-refractivity contribution in [3.8, 4) is 11.1 Å². The molecule has 0 radical (unpaired) electrons. The SMILES string of the molecule is Cc1nc(N)nc2c1/C(=N/OCCN1CCN(C)CC1)CC(c1ccccc1-c1ccccc1)C2. The number of nitrogen functional groups attached to an aromatic ring is 1. The van der Waals surface area contributed by atoms with Crippen molar-refractivity contribution in [3.63, 3.8) is 0 Å². The normalized spacial score (nSPS) is 20.1. The Bertz CT molecular complexity index is 1190. The van der Waals surface area contributed by atoms with E-state index in [1.807, 2.05) is 6.92 Å². The summed E-state index contributed by atoms with van der Waals surface area (Å²) in [6.07, 6.45) is 1.58. The van der Waals surface area contributed by atoms with E-state index in [0.717, 1.165) is 68.2 Å². The molecule has 0 saturated carbocycles. The number of anilines is 1. The van der Waals surface area contributed by atoms with Crippen LogP contribution in [0, 0.1) is 6.92 Å². The molecule has 3 aromatic rings. The molecular formula is C28H34N6O. The van der Waals surface area contributed by atoms with Crippen molar-refractivity contribution in [1.82, 2.24) is 19.8 Å². The summed E-state index contributed by atoms with van der Waals surface area (Å²) in [4.78, 5) is 19.7. The third-order valence-electron chi connectivity index (χ3n) is 7.11. The molecular weight excluding hydrogens is 436 g/mol. The lowest BCUT2D eigenvalue weighted by Crippen LogP contribution is -2.45. The van der Waals surface area contributed by atoms with Crippen LogP contribution in [0.15, 0.2) is 59.8 Å². The van der Waals surface area contributed by atoms with Gasteiger partial charge in [-0.25, -0.2) is 9.97 Å². The molecule has 182 valence electrons. The molecule has 0 spiro atoms. The van der Waals surface area contributed by atoms with Gasteiger partial charge in [0.1, 0.15) is 6.61 Å². The monoisotopic (exact) mass is 470 g/mol. The van der Waals surface area contributed by atoms with Crippen LogP contribution in [0.25, 0.3) is 11.1 Å². The second kappa shape index (κ2) is 10.5. The largest absolute Gasteiger partial charge is 0.394 e. The van der Waals surface area contributed by atoms with Gasteiger partial charge in [0.15, 0.2) is 0 Å². The van der Waals surface area contributed by atoms with Crippen LogP contribution in [0.4, 0.5) is 5.95 Å². The summed E-state index contributed by atoms with van der Waals surface area (Å²) < 4.78 is 0. The molecule has 2 heterocycles. The topological polar surface area (TPSA) is 79.9 Å². The van der Waals surface area contributed by atoms with Crippen LogP contribution in [-0.2, 0) is 11.3 Å². The van der Waals surface area contributed by atoms with E-state index in [0.29, 0.717) is 12.6 Å². The van der Waals surface area contributed by atoms with Gasteiger partial charge in [-0.1, -0.05) is 59.8 Å². The average molecular weight is 471 g/mol. The molecule has 1 atom stereocenters. The van der Waals surface area contributed by atoms with E-state index in [2.05, 4.69) is 86.6 Å². The van der Waals surface area contributed by atoms with Crippen molar-refractivity contribution < 1.29 is 4.84 Å². The second-order valence-electron chi connectivity index (χ2n) is 9.56. The number of fused-ring (bicyclic) bond motifs is 1. The van der Waals surface area contributed by atoms with Gasteiger partial charge in [-0.3, -0.25) is 4.90 Å². The number of hydrogen-bond donors (Lipinski definition) is 1. The number of nitrogens with zero attached hydrogens (tertiary/aromatic N) is 5. The third kappa shape index (κ3) is 5.36. The maximum absolute atomic E-state index is 6.04. The standard InChI is InChI=1S/C28H34N6O/c1-20-27-25(31-28(29)30-20)18-22(24-11-7-6-10-23(24)21-8-4-3-5-9-21)19-26(27)32-35-17-16-34-14-12-33(2)13-15-34/h3-11,22H,12-19H2,1-2H3,(H2,29,30,31)/b32-26+. The molecule has 0 bridgehead atoms. The molecule has 1 aliphatic carbocycles. The number of nitrogens with two attached hydrogens (primary N) is 1. The smallest absolute Gasteiger partial charge is 0.220 e. The quantitative estimate of drug-likeness (QED) is 0.437. The molecule has 5 rings (SSSR count).